The van der Waals surface area contributed by atoms with E-state index in [9.17, 15) is 24.0 Å². The molecule has 0 unspecified atom stereocenters. The molecule has 0 aliphatic carbocycles. The lowest BCUT2D eigenvalue weighted by Gasteiger charge is -2.26. The van der Waals surface area contributed by atoms with Gasteiger partial charge in [-0.1, -0.05) is 288 Å². The van der Waals surface area contributed by atoms with E-state index < -0.39 is 35.6 Å². The van der Waals surface area contributed by atoms with Crippen LogP contribution in [0.25, 0.3) is 0 Å². The van der Waals surface area contributed by atoms with Crippen LogP contribution in [0.4, 0.5) is 10.5 Å². The third-order valence-corrected chi connectivity index (χ3v) is 16.9. The van der Waals surface area contributed by atoms with Gasteiger partial charge >= 0.3 is 6.09 Å². The predicted octanol–water partition coefficient (Wildman–Crippen LogP) is 18.5. The number of carbonyl (C=O) groups excluding carboxylic acids is 5. The molecule has 1 fully saturated rings. The predicted molar refractivity (Wildman–Crippen MR) is 351 cm³/mol. The van der Waals surface area contributed by atoms with Crippen LogP contribution in [0.15, 0.2) is 54.6 Å². The molecule has 1 aliphatic rings. The van der Waals surface area contributed by atoms with Crippen molar-refractivity contribution in [1.29, 1.82) is 0 Å². The average molecular weight is 1170 g/mol. The number of benzene rings is 2. The first-order valence-electron chi connectivity index (χ1n) is 35.0. The Morgan fingerprint density at radius 3 is 1.32 bits per heavy atom. The highest BCUT2D eigenvalue weighted by molar-refractivity contribution is 5.95. The Hall–Kier alpha value is -4.61. The second-order valence-electron chi connectivity index (χ2n) is 25.8. The van der Waals surface area contributed by atoms with Crippen molar-refractivity contribution in [2.45, 2.75) is 328 Å². The zero-order chi connectivity index (χ0) is 60.6. The van der Waals surface area contributed by atoms with E-state index in [1.165, 1.54) is 236 Å². The molecule has 3 rings (SSSR count). The summed E-state index contributed by atoms with van der Waals surface area (Å²) < 4.78 is 5.41. The van der Waals surface area contributed by atoms with E-state index in [2.05, 4.69) is 40.2 Å². The van der Waals surface area contributed by atoms with Crippen molar-refractivity contribution in [1.82, 2.24) is 25.9 Å². The number of hydrogen-bond acceptors (Lipinski definition) is 7. The van der Waals surface area contributed by atoms with E-state index in [0.717, 1.165) is 44.3 Å². The summed E-state index contributed by atoms with van der Waals surface area (Å²) in [5.41, 5.74) is 7.11. The molecule has 0 radical (unpaired) electrons. The van der Waals surface area contributed by atoms with Gasteiger partial charge in [0, 0.05) is 31.6 Å². The molecular weight excluding hydrogens is 1040 g/mol. The summed E-state index contributed by atoms with van der Waals surface area (Å²) in [5, 5.41) is 5.34. The average Bonchev–Trinajstić information content (AvgIpc) is 4.17. The molecular formula is C72H124N6O6. The molecule has 5 amide bonds. The fraction of sp³-hybridized carbons (Fsp3) is 0.764. The molecule has 0 saturated carbocycles. The fourth-order valence-corrected chi connectivity index (χ4v) is 11.8. The van der Waals surface area contributed by atoms with Crippen molar-refractivity contribution in [3.05, 3.63) is 65.7 Å². The highest BCUT2D eigenvalue weighted by atomic mass is 16.6. The van der Waals surface area contributed by atoms with E-state index in [0.29, 0.717) is 30.6 Å². The summed E-state index contributed by atoms with van der Waals surface area (Å²) in [6.45, 7) is 11.4. The minimum absolute atomic E-state index is 0.0559. The number of anilines is 1. The van der Waals surface area contributed by atoms with Crippen LogP contribution < -0.4 is 21.5 Å². The smallest absolute Gasteiger partial charge is 0.408 e. The molecule has 2 aromatic rings. The quantitative estimate of drug-likeness (QED) is 0.0381. The third-order valence-electron chi connectivity index (χ3n) is 16.9. The minimum Gasteiger partial charge on any atom is -0.444 e. The summed E-state index contributed by atoms with van der Waals surface area (Å²) in [6, 6.07) is 14.9. The maximum Gasteiger partial charge on any atom is 0.408 e. The van der Waals surface area contributed by atoms with Crippen molar-refractivity contribution in [3.8, 4) is 0 Å². The van der Waals surface area contributed by atoms with Gasteiger partial charge in [0.2, 0.25) is 11.8 Å². The van der Waals surface area contributed by atoms with Gasteiger partial charge in [-0.2, -0.15) is 0 Å². The van der Waals surface area contributed by atoms with Gasteiger partial charge in [0.25, 0.3) is 11.8 Å². The number of amides is 5. The Morgan fingerprint density at radius 1 is 0.536 bits per heavy atom. The van der Waals surface area contributed by atoms with Gasteiger partial charge in [-0.3, -0.25) is 30.0 Å². The molecule has 2 atom stereocenters. The molecule has 1 aliphatic heterocycles. The van der Waals surface area contributed by atoms with Crippen LogP contribution in [0.3, 0.4) is 0 Å². The highest BCUT2D eigenvalue weighted by Crippen LogP contribution is 2.21. The highest BCUT2D eigenvalue weighted by Gasteiger charge is 2.35. The monoisotopic (exact) mass is 1170 g/mol. The van der Waals surface area contributed by atoms with Crippen LogP contribution in [-0.4, -0.2) is 83.4 Å². The zero-order valence-electron chi connectivity index (χ0n) is 54.4. The normalized spacial score (nSPS) is 13.6. The number of hydrogen-bond donors (Lipinski definition) is 4. The van der Waals surface area contributed by atoms with Crippen molar-refractivity contribution >= 4 is 35.4 Å². The Balaban J connectivity index is 1.40. The van der Waals surface area contributed by atoms with E-state index in [1.807, 2.05) is 54.6 Å². The SMILES string of the molecule is CCCCCCCCCCCCCCCCCCCCCCN(CCCCCCCCCCCCCCCCCCCCCC)C(=O)c1ccc(NNC(=O)[C@@H]2CCCN2C(=O)CNC(=O)[C@H](Cc2ccccc2)NC(=O)OC(C)(C)C)cc1. The number of nitrogens with one attached hydrogen (secondary N) is 4. The molecule has 12 nitrogen and oxygen atoms in total. The van der Waals surface area contributed by atoms with Crippen LogP contribution in [0, 0.1) is 0 Å². The fourth-order valence-electron chi connectivity index (χ4n) is 11.8. The molecule has 1 heterocycles. The molecule has 84 heavy (non-hydrogen) atoms. The van der Waals surface area contributed by atoms with Crippen LogP contribution in [0.1, 0.15) is 320 Å². The number of hydrazine groups is 1. The standard InChI is InChI=1S/C72H124N6O6/c1-6-8-10-12-14-16-18-20-22-24-26-28-30-32-34-36-38-40-42-47-57-77(58-48-43-41-39-37-35-33-31-29-27-25-23-21-19-17-15-13-11-9-7-2)70(82)63-53-55-64(56-54-63)75-76-69(81)66-52-49-59-78(66)67(79)61-73-68(80)65(60-62-50-45-44-46-51-62)74-71(83)84-72(3,4)5/h44-46,50-51,53-56,65-66,75H,6-43,47-49,52,57-61H2,1-5H3,(H,73,80)(H,74,83)(H,76,81)/t65-,66-/m0/s1. The summed E-state index contributed by atoms with van der Waals surface area (Å²) in [6.07, 6.45) is 54.5. The molecule has 0 bridgehead atoms. The van der Waals surface area contributed by atoms with Gasteiger partial charge in [-0.25, -0.2) is 4.79 Å². The summed E-state index contributed by atoms with van der Waals surface area (Å²) >= 11 is 0. The van der Waals surface area contributed by atoms with Crippen molar-refractivity contribution in [3.63, 3.8) is 0 Å². The zero-order valence-corrected chi connectivity index (χ0v) is 54.4. The molecule has 2 aromatic carbocycles. The Morgan fingerprint density at radius 2 is 0.929 bits per heavy atom. The number of alkyl carbamates (subject to hydrolysis) is 1. The van der Waals surface area contributed by atoms with Crippen molar-refractivity contribution in [2.75, 3.05) is 31.6 Å². The van der Waals surface area contributed by atoms with Gasteiger partial charge in [-0.15, -0.1) is 0 Å². The number of ether oxygens (including phenoxy) is 1. The second kappa shape index (κ2) is 48.5. The number of rotatable bonds is 52. The molecule has 0 aromatic heterocycles. The first kappa shape index (κ1) is 73.6. The molecule has 4 N–H and O–H groups in total. The lowest BCUT2D eigenvalue weighted by Crippen LogP contribution is -2.53. The van der Waals surface area contributed by atoms with E-state index in [4.69, 9.17) is 4.74 Å². The number of nitrogens with zero attached hydrogens (tertiary/aromatic N) is 2. The Labute approximate surface area is 513 Å². The van der Waals surface area contributed by atoms with Crippen molar-refractivity contribution in [2.24, 2.45) is 0 Å². The van der Waals surface area contributed by atoms with Crippen LogP contribution in [0.5, 0.6) is 0 Å². The van der Waals surface area contributed by atoms with Gasteiger partial charge < -0.3 is 25.2 Å². The molecule has 1 saturated heterocycles. The first-order valence-corrected chi connectivity index (χ1v) is 35.0. The van der Waals surface area contributed by atoms with E-state index in [-0.39, 0.29) is 24.8 Å². The topological polar surface area (TPSA) is 149 Å². The van der Waals surface area contributed by atoms with Gasteiger partial charge in [0.1, 0.15) is 17.7 Å². The molecule has 12 heteroatoms. The van der Waals surface area contributed by atoms with Gasteiger partial charge in [0.15, 0.2) is 0 Å². The summed E-state index contributed by atoms with van der Waals surface area (Å²) in [4.78, 5) is 70.8. The molecule has 0 spiro atoms. The third kappa shape index (κ3) is 37.1. The van der Waals surface area contributed by atoms with Crippen LogP contribution in [-0.2, 0) is 25.5 Å². The number of unbranched alkanes of at least 4 members (excludes halogenated alkanes) is 38. The van der Waals surface area contributed by atoms with E-state index in [1.54, 1.807) is 20.8 Å². The largest absolute Gasteiger partial charge is 0.444 e. The Bertz CT molecular complexity index is 1930. The van der Waals surface area contributed by atoms with Gasteiger partial charge in [0.05, 0.1) is 12.2 Å². The lowest BCUT2D eigenvalue weighted by atomic mass is 10.0. The summed E-state index contributed by atoms with van der Waals surface area (Å²) in [5.74, 6) is -1.23. The minimum atomic E-state index is -0.983. The van der Waals surface area contributed by atoms with Crippen molar-refractivity contribution < 1.29 is 28.7 Å². The number of carbonyl (C=O) groups is 5. The maximum atomic E-state index is 14.1. The molecule has 478 valence electrons. The first-order chi connectivity index (χ1) is 40.9. The van der Waals surface area contributed by atoms with Crippen LogP contribution in [0.2, 0.25) is 0 Å². The lowest BCUT2D eigenvalue weighted by molar-refractivity contribution is -0.138. The Kier molecular flexibility index (Phi) is 42.5. The maximum absolute atomic E-state index is 14.1. The summed E-state index contributed by atoms with van der Waals surface area (Å²) in [7, 11) is 0. The van der Waals surface area contributed by atoms with E-state index >= 15 is 0 Å². The van der Waals surface area contributed by atoms with Crippen LogP contribution >= 0.6 is 0 Å². The van der Waals surface area contributed by atoms with Gasteiger partial charge in [-0.05, 0) is 76.3 Å². The second-order valence-corrected chi connectivity index (χ2v) is 25.8. The number of likely N-dealkylation sites (tertiary alicyclic amines) is 1.